The third kappa shape index (κ3) is 1.03. The van der Waals surface area contributed by atoms with E-state index in [1.807, 2.05) is 0 Å². The van der Waals surface area contributed by atoms with Crippen molar-refractivity contribution in [2.24, 2.45) is 5.73 Å². The second-order valence-corrected chi connectivity index (χ2v) is 5.24. The molecule has 0 heterocycles. The van der Waals surface area contributed by atoms with Crippen LogP contribution in [0, 0.1) is 0 Å². The van der Waals surface area contributed by atoms with Crippen LogP contribution in [-0.4, -0.2) is 0 Å². The lowest BCUT2D eigenvalue weighted by Crippen LogP contribution is -2.46. The summed E-state index contributed by atoms with van der Waals surface area (Å²) in [5.41, 5.74) is 12.0. The molecule has 0 radical (unpaired) electrons. The molecule has 0 fully saturated rings. The third-order valence-corrected chi connectivity index (χ3v) is 4.46. The first-order valence-corrected chi connectivity index (χ1v) is 6.28. The zero-order valence-corrected chi connectivity index (χ0v) is 9.69. The Morgan fingerprint density at radius 3 is 2.00 bits per heavy atom. The average molecular weight is 221 g/mol. The van der Waals surface area contributed by atoms with Crippen LogP contribution in [0.3, 0.4) is 0 Å². The van der Waals surface area contributed by atoms with Crippen molar-refractivity contribution >= 4 is 0 Å². The van der Waals surface area contributed by atoms with E-state index in [9.17, 15) is 0 Å². The van der Waals surface area contributed by atoms with Gasteiger partial charge in [0, 0.05) is 5.92 Å². The van der Waals surface area contributed by atoms with E-state index in [0.29, 0.717) is 5.92 Å². The molecule has 0 aliphatic heterocycles. The van der Waals surface area contributed by atoms with Crippen molar-refractivity contribution in [3.63, 3.8) is 0 Å². The van der Waals surface area contributed by atoms with Gasteiger partial charge in [0.1, 0.15) is 0 Å². The molecule has 1 heteroatoms. The van der Waals surface area contributed by atoms with E-state index in [1.165, 1.54) is 28.7 Å². The predicted octanol–water partition coefficient (Wildman–Crippen LogP) is 3.13. The maximum absolute atomic E-state index is 6.72. The van der Waals surface area contributed by atoms with Gasteiger partial charge in [-0.3, -0.25) is 0 Å². The van der Waals surface area contributed by atoms with Crippen LogP contribution in [0.5, 0.6) is 0 Å². The molecule has 3 aliphatic rings. The van der Waals surface area contributed by atoms with Crippen molar-refractivity contribution in [2.45, 2.75) is 24.3 Å². The quantitative estimate of drug-likeness (QED) is 0.726. The SMILES string of the molecule is NC12CCC(c3ccccc31)c1ccccc12. The van der Waals surface area contributed by atoms with E-state index < -0.39 is 0 Å². The zero-order valence-electron chi connectivity index (χ0n) is 9.69. The van der Waals surface area contributed by atoms with Gasteiger partial charge < -0.3 is 5.73 Å². The van der Waals surface area contributed by atoms with Crippen molar-refractivity contribution in [3.8, 4) is 0 Å². The molecule has 2 aromatic carbocycles. The molecule has 3 aliphatic carbocycles. The molecule has 17 heavy (non-hydrogen) atoms. The largest absolute Gasteiger partial charge is 0.318 e. The van der Waals surface area contributed by atoms with Crippen LogP contribution >= 0.6 is 0 Å². The second kappa shape index (κ2) is 2.99. The van der Waals surface area contributed by atoms with E-state index in [4.69, 9.17) is 5.73 Å². The van der Waals surface area contributed by atoms with Gasteiger partial charge >= 0.3 is 0 Å². The fraction of sp³-hybridized carbons (Fsp3) is 0.250. The summed E-state index contributed by atoms with van der Waals surface area (Å²) in [5, 5.41) is 0. The summed E-state index contributed by atoms with van der Waals surface area (Å²) in [6.45, 7) is 0. The first kappa shape index (κ1) is 9.43. The molecule has 0 saturated carbocycles. The van der Waals surface area contributed by atoms with E-state index in [2.05, 4.69) is 48.5 Å². The molecule has 0 unspecified atom stereocenters. The molecule has 0 atom stereocenters. The summed E-state index contributed by atoms with van der Waals surface area (Å²) >= 11 is 0. The fourth-order valence-electron chi connectivity index (χ4n) is 3.68. The zero-order chi connectivity index (χ0) is 11.5. The Labute approximate surface area is 101 Å². The number of hydrogen-bond acceptors (Lipinski definition) is 1. The Hall–Kier alpha value is -1.60. The van der Waals surface area contributed by atoms with Gasteiger partial charge in [-0.1, -0.05) is 48.5 Å². The lowest BCUT2D eigenvalue weighted by atomic mass is 9.60. The Balaban J connectivity index is 2.10. The molecule has 5 rings (SSSR count). The summed E-state index contributed by atoms with van der Waals surface area (Å²) in [6.07, 6.45) is 2.26. The Morgan fingerprint density at radius 1 is 0.882 bits per heavy atom. The minimum absolute atomic E-state index is 0.248. The highest BCUT2D eigenvalue weighted by atomic mass is 14.8. The smallest absolute Gasteiger partial charge is 0.0671 e. The third-order valence-electron chi connectivity index (χ3n) is 4.46. The van der Waals surface area contributed by atoms with Crippen LogP contribution in [0.15, 0.2) is 48.5 Å². The Morgan fingerprint density at radius 2 is 1.41 bits per heavy atom. The van der Waals surface area contributed by atoms with E-state index in [0.717, 1.165) is 6.42 Å². The summed E-state index contributed by atoms with van der Waals surface area (Å²) in [6, 6.07) is 17.4. The first-order chi connectivity index (χ1) is 8.31. The van der Waals surface area contributed by atoms with E-state index in [1.54, 1.807) is 0 Å². The second-order valence-electron chi connectivity index (χ2n) is 5.24. The maximum atomic E-state index is 6.72. The Bertz CT molecular complexity index is 552. The first-order valence-electron chi connectivity index (χ1n) is 6.28. The van der Waals surface area contributed by atoms with Crippen molar-refractivity contribution in [2.75, 3.05) is 0 Å². The normalized spacial score (nSPS) is 28.6. The van der Waals surface area contributed by atoms with Crippen LogP contribution < -0.4 is 5.73 Å². The van der Waals surface area contributed by atoms with Gasteiger partial charge in [0.25, 0.3) is 0 Å². The Kier molecular flexibility index (Phi) is 1.66. The van der Waals surface area contributed by atoms with Gasteiger partial charge in [-0.25, -0.2) is 0 Å². The van der Waals surface area contributed by atoms with Gasteiger partial charge in [0.15, 0.2) is 0 Å². The standard InChI is InChI=1S/C16H15N/c17-16-10-9-11(12-5-1-3-7-14(12)16)13-6-2-4-8-15(13)16/h1-8,11H,9-10,17H2. The highest BCUT2D eigenvalue weighted by Crippen LogP contribution is 2.53. The summed E-state index contributed by atoms with van der Waals surface area (Å²) < 4.78 is 0. The predicted molar refractivity (Wildman–Crippen MR) is 68.9 cm³/mol. The molecule has 2 aromatic rings. The molecule has 0 aromatic heterocycles. The number of fused-ring (bicyclic) bond motifs is 1. The van der Waals surface area contributed by atoms with E-state index in [-0.39, 0.29) is 5.54 Å². The van der Waals surface area contributed by atoms with Crippen LogP contribution in [0.2, 0.25) is 0 Å². The topological polar surface area (TPSA) is 26.0 Å². The summed E-state index contributed by atoms with van der Waals surface area (Å²) in [4.78, 5) is 0. The number of nitrogens with two attached hydrogens (primary N) is 1. The van der Waals surface area contributed by atoms with Crippen molar-refractivity contribution < 1.29 is 0 Å². The molecule has 1 nitrogen and oxygen atoms in total. The fourth-order valence-corrected chi connectivity index (χ4v) is 3.68. The number of benzene rings is 2. The van der Waals surface area contributed by atoms with Gasteiger partial charge in [0.05, 0.1) is 5.54 Å². The monoisotopic (exact) mass is 221 g/mol. The average Bonchev–Trinajstić information content (AvgIpc) is 2.40. The lowest BCUT2D eigenvalue weighted by molar-refractivity contribution is 0.384. The molecule has 0 amide bonds. The highest BCUT2D eigenvalue weighted by Gasteiger charge is 2.45. The summed E-state index contributed by atoms with van der Waals surface area (Å²) in [7, 11) is 0. The summed E-state index contributed by atoms with van der Waals surface area (Å²) in [5.74, 6) is 0.563. The number of hydrogen-bond donors (Lipinski definition) is 1. The van der Waals surface area contributed by atoms with Gasteiger partial charge in [0.2, 0.25) is 0 Å². The minimum atomic E-state index is -0.248. The van der Waals surface area contributed by atoms with Crippen molar-refractivity contribution in [1.29, 1.82) is 0 Å². The molecule has 0 spiro atoms. The minimum Gasteiger partial charge on any atom is -0.318 e. The molecular formula is C16H15N. The van der Waals surface area contributed by atoms with Crippen LogP contribution in [0.25, 0.3) is 0 Å². The van der Waals surface area contributed by atoms with E-state index >= 15 is 0 Å². The molecular weight excluding hydrogens is 206 g/mol. The molecule has 2 N–H and O–H groups in total. The van der Waals surface area contributed by atoms with Crippen molar-refractivity contribution in [3.05, 3.63) is 70.8 Å². The van der Waals surface area contributed by atoms with Gasteiger partial charge in [-0.05, 0) is 35.1 Å². The number of rotatable bonds is 0. The molecule has 2 bridgehead atoms. The van der Waals surface area contributed by atoms with Crippen LogP contribution in [0.1, 0.15) is 41.0 Å². The maximum Gasteiger partial charge on any atom is 0.0671 e. The van der Waals surface area contributed by atoms with Crippen molar-refractivity contribution in [1.82, 2.24) is 0 Å². The van der Waals surface area contributed by atoms with Crippen LogP contribution in [-0.2, 0) is 5.54 Å². The molecule has 84 valence electrons. The van der Waals surface area contributed by atoms with Gasteiger partial charge in [-0.2, -0.15) is 0 Å². The lowest BCUT2D eigenvalue weighted by Gasteiger charge is -2.47. The highest BCUT2D eigenvalue weighted by molar-refractivity contribution is 5.57. The van der Waals surface area contributed by atoms with Crippen LogP contribution in [0.4, 0.5) is 0 Å². The molecule has 0 saturated heterocycles. The van der Waals surface area contributed by atoms with Gasteiger partial charge in [-0.15, -0.1) is 0 Å².